The van der Waals surface area contributed by atoms with Crippen LogP contribution >= 0.6 is 11.3 Å². The molecule has 0 spiro atoms. The number of hydrogen-bond donors (Lipinski definition) is 0. The van der Waals surface area contributed by atoms with Gasteiger partial charge in [0.1, 0.15) is 11.7 Å². The van der Waals surface area contributed by atoms with Crippen molar-refractivity contribution in [2.75, 3.05) is 12.0 Å². The Balaban J connectivity index is 1.52. The third kappa shape index (κ3) is 4.76. The van der Waals surface area contributed by atoms with E-state index < -0.39 is 0 Å². The second kappa shape index (κ2) is 10.8. The molecule has 4 nitrogen and oxygen atoms in total. The number of para-hydroxylation sites is 3. The SMILES string of the molecule is COC(=O)c1ccc(C(=C\c2sc3ccccc3[n+]2C)/C=C2\C=C(C)N(c3ccccc3)c3ccccc32)cc1. The van der Waals surface area contributed by atoms with Gasteiger partial charge in [0.15, 0.2) is 0 Å². The van der Waals surface area contributed by atoms with Crippen LogP contribution < -0.4 is 9.47 Å². The van der Waals surface area contributed by atoms with Crippen molar-refractivity contribution in [3.63, 3.8) is 0 Å². The van der Waals surface area contributed by atoms with Crippen LogP contribution in [0.4, 0.5) is 11.4 Å². The molecular formula is C35H29N2O2S+. The predicted molar refractivity (Wildman–Crippen MR) is 165 cm³/mol. The minimum absolute atomic E-state index is 0.341. The molecule has 0 N–H and O–H groups in total. The Hall–Kier alpha value is -4.74. The number of rotatable bonds is 5. The van der Waals surface area contributed by atoms with Gasteiger partial charge in [0, 0.05) is 29.1 Å². The molecule has 0 saturated carbocycles. The Morgan fingerprint density at radius 3 is 2.27 bits per heavy atom. The molecule has 0 saturated heterocycles. The van der Waals surface area contributed by atoms with E-state index in [0.717, 1.165) is 44.4 Å². The predicted octanol–water partition coefficient (Wildman–Crippen LogP) is 8.19. The molecule has 0 atom stereocenters. The number of esters is 1. The molecule has 4 aromatic carbocycles. The van der Waals surface area contributed by atoms with Gasteiger partial charge in [-0.3, -0.25) is 0 Å². The van der Waals surface area contributed by atoms with E-state index in [9.17, 15) is 4.79 Å². The van der Waals surface area contributed by atoms with Gasteiger partial charge in [0.2, 0.25) is 5.52 Å². The molecular weight excluding hydrogens is 512 g/mol. The molecule has 5 heteroatoms. The van der Waals surface area contributed by atoms with Crippen LogP contribution in [0.3, 0.4) is 0 Å². The van der Waals surface area contributed by atoms with Gasteiger partial charge in [-0.15, -0.1) is 0 Å². The highest BCUT2D eigenvalue weighted by atomic mass is 32.1. The highest BCUT2D eigenvalue weighted by Gasteiger charge is 2.22. The molecule has 0 amide bonds. The van der Waals surface area contributed by atoms with E-state index in [1.165, 1.54) is 17.3 Å². The quantitative estimate of drug-likeness (QED) is 0.166. The molecule has 40 heavy (non-hydrogen) atoms. The minimum Gasteiger partial charge on any atom is -0.465 e. The van der Waals surface area contributed by atoms with Gasteiger partial charge in [0.05, 0.1) is 18.4 Å². The number of aromatic nitrogens is 1. The monoisotopic (exact) mass is 541 g/mol. The molecule has 0 aliphatic carbocycles. The van der Waals surface area contributed by atoms with Crippen molar-refractivity contribution in [3.05, 3.63) is 143 Å². The van der Waals surface area contributed by atoms with Crippen LogP contribution in [0.5, 0.6) is 0 Å². The number of thiazole rings is 1. The summed E-state index contributed by atoms with van der Waals surface area (Å²) in [6, 6.07) is 35.1. The van der Waals surface area contributed by atoms with Gasteiger partial charge in [-0.05, 0) is 72.2 Å². The average molecular weight is 542 g/mol. The van der Waals surface area contributed by atoms with Crippen molar-refractivity contribution in [2.24, 2.45) is 7.05 Å². The number of carbonyl (C=O) groups is 1. The van der Waals surface area contributed by atoms with E-state index in [2.05, 4.69) is 114 Å². The smallest absolute Gasteiger partial charge is 0.337 e. The van der Waals surface area contributed by atoms with Gasteiger partial charge < -0.3 is 9.64 Å². The fourth-order valence-electron chi connectivity index (χ4n) is 5.18. The zero-order valence-electron chi connectivity index (χ0n) is 22.7. The number of fused-ring (bicyclic) bond motifs is 2. The number of ether oxygens (including phenoxy) is 1. The van der Waals surface area contributed by atoms with Crippen LogP contribution in [0.1, 0.15) is 33.4 Å². The Labute approximate surface area is 238 Å². The third-order valence-electron chi connectivity index (χ3n) is 7.19. The van der Waals surface area contributed by atoms with Crippen molar-refractivity contribution < 1.29 is 14.1 Å². The highest BCUT2D eigenvalue weighted by Crippen LogP contribution is 2.41. The number of allylic oxidation sites excluding steroid dienone is 5. The molecule has 0 unspecified atom stereocenters. The largest absolute Gasteiger partial charge is 0.465 e. The molecule has 0 fully saturated rings. The van der Waals surface area contributed by atoms with E-state index >= 15 is 0 Å². The molecule has 2 heterocycles. The fraction of sp³-hybridized carbons (Fsp3) is 0.0857. The van der Waals surface area contributed by atoms with Crippen molar-refractivity contribution in [2.45, 2.75) is 6.92 Å². The van der Waals surface area contributed by atoms with E-state index in [1.54, 1.807) is 11.3 Å². The summed E-state index contributed by atoms with van der Waals surface area (Å²) in [4.78, 5) is 14.4. The van der Waals surface area contributed by atoms with Crippen molar-refractivity contribution in [3.8, 4) is 0 Å². The minimum atomic E-state index is -0.341. The van der Waals surface area contributed by atoms with Gasteiger partial charge in [-0.25, -0.2) is 4.79 Å². The third-order valence-corrected chi connectivity index (χ3v) is 8.35. The zero-order valence-corrected chi connectivity index (χ0v) is 23.5. The zero-order chi connectivity index (χ0) is 27.6. The van der Waals surface area contributed by atoms with E-state index in [4.69, 9.17) is 4.74 Å². The molecule has 0 bridgehead atoms. The maximum Gasteiger partial charge on any atom is 0.337 e. The lowest BCUT2D eigenvalue weighted by molar-refractivity contribution is -0.642. The lowest BCUT2D eigenvalue weighted by atomic mass is 9.93. The second-order valence-electron chi connectivity index (χ2n) is 9.71. The molecule has 0 radical (unpaired) electrons. The number of benzene rings is 4. The standard InChI is InChI=1S/C35H29N2O2S/c1-24-21-28(30-13-7-8-14-31(30)37(24)29-11-5-4-6-12-29)22-27(25-17-19-26(20-18-25)35(38)39-3)23-34-36(2)32-15-9-10-16-33(32)40-34/h4-23H,1-3H3/q+1. The summed E-state index contributed by atoms with van der Waals surface area (Å²) in [6.45, 7) is 2.15. The first kappa shape index (κ1) is 25.5. The van der Waals surface area contributed by atoms with Crippen molar-refractivity contribution in [1.82, 2.24) is 0 Å². The Morgan fingerprint density at radius 2 is 1.52 bits per heavy atom. The fourth-order valence-corrected chi connectivity index (χ4v) is 6.28. The number of anilines is 2. The number of carbonyl (C=O) groups excluding carboxylic acids is 1. The second-order valence-corrected chi connectivity index (χ2v) is 10.8. The lowest BCUT2D eigenvalue weighted by Gasteiger charge is -2.32. The van der Waals surface area contributed by atoms with Crippen LogP contribution in [0, 0.1) is 0 Å². The number of nitrogens with zero attached hydrogens (tertiary/aromatic N) is 2. The first-order chi connectivity index (χ1) is 19.5. The number of hydrogen-bond acceptors (Lipinski definition) is 4. The van der Waals surface area contributed by atoms with Crippen LogP contribution in [0.2, 0.25) is 0 Å². The topological polar surface area (TPSA) is 33.4 Å². The Bertz CT molecular complexity index is 1810. The summed E-state index contributed by atoms with van der Waals surface area (Å²) in [5, 5.41) is 1.14. The molecule has 196 valence electrons. The summed E-state index contributed by atoms with van der Waals surface area (Å²) in [6.07, 6.45) is 6.74. The van der Waals surface area contributed by atoms with Gasteiger partial charge in [-0.1, -0.05) is 72.0 Å². The molecule has 1 aliphatic rings. The van der Waals surface area contributed by atoms with Gasteiger partial charge in [-0.2, -0.15) is 4.57 Å². The molecule has 6 rings (SSSR count). The normalized spacial score (nSPS) is 14.3. The number of aryl methyl sites for hydroxylation is 1. The van der Waals surface area contributed by atoms with Gasteiger partial charge >= 0.3 is 5.97 Å². The molecule has 5 aromatic rings. The number of methoxy groups -OCH3 is 1. The first-order valence-electron chi connectivity index (χ1n) is 13.2. The summed E-state index contributed by atoms with van der Waals surface area (Å²) in [5.41, 5.74) is 9.52. The van der Waals surface area contributed by atoms with Crippen molar-refractivity contribution in [1.29, 1.82) is 0 Å². The highest BCUT2D eigenvalue weighted by molar-refractivity contribution is 7.18. The van der Waals surface area contributed by atoms with E-state index in [0.29, 0.717) is 5.56 Å². The first-order valence-corrected chi connectivity index (χ1v) is 14.0. The van der Waals surface area contributed by atoms with Crippen LogP contribution in [-0.2, 0) is 11.8 Å². The summed E-state index contributed by atoms with van der Waals surface area (Å²) in [5.74, 6) is -0.341. The van der Waals surface area contributed by atoms with Crippen LogP contribution in [-0.4, -0.2) is 13.1 Å². The van der Waals surface area contributed by atoms with Crippen molar-refractivity contribution >= 4 is 56.1 Å². The van der Waals surface area contributed by atoms with Crippen LogP contribution in [0.25, 0.3) is 27.4 Å². The Kier molecular flexibility index (Phi) is 6.89. The van der Waals surface area contributed by atoms with Gasteiger partial charge in [0.25, 0.3) is 5.01 Å². The van der Waals surface area contributed by atoms with E-state index in [1.807, 2.05) is 30.3 Å². The summed E-state index contributed by atoms with van der Waals surface area (Å²) >= 11 is 1.76. The average Bonchev–Trinajstić information content (AvgIpc) is 3.31. The maximum absolute atomic E-state index is 12.1. The van der Waals surface area contributed by atoms with E-state index in [-0.39, 0.29) is 5.97 Å². The summed E-state index contributed by atoms with van der Waals surface area (Å²) < 4.78 is 8.39. The Morgan fingerprint density at radius 1 is 0.850 bits per heavy atom. The molecule has 1 aromatic heterocycles. The van der Waals surface area contributed by atoms with Crippen LogP contribution in [0.15, 0.2) is 121 Å². The maximum atomic E-state index is 12.1. The summed E-state index contributed by atoms with van der Waals surface area (Å²) in [7, 11) is 3.51. The molecule has 1 aliphatic heterocycles. The lowest BCUT2D eigenvalue weighted by Crippen LogP contribution is -2.28.